The minimum atomic E-state index is -1.04. The molecule has 1 aliphatic heterocycles. The van der Waals surface area contributed by atoms with E-state index in [2.05, 4.69) is 26.3 Å². The molecular formula is C36H50N6O7. The van der Waals surface area contributed by atoms with Crippen molar-refractivity contribution in [3.63, 3.8) is 0 Å². The average Bonchev–Trinajstić information content (AvgIpc) is 3.96. The van der Waals surface area contributed by atoms with Gasteiger partial charge in [-0.2, -0.15) is 0 Å². The van der Waals surface area contributed by atoms with Gasteiger partial charge in [0.25, 0.3) is 5.91 Å². The summed E-state index contributed by atoms with van der Waals surface area (Å²) in [5, 5.41) is 12.8. The molecule has 0 unspecified atom stereocenters. The molecule has 3 aliphatic rings. The van der Waals surface area contributed by atoms with Gasteiger partial charge in [-0.05, 0) is 81.0 Å². The Bertz CT molecular complexity index is 1590. The molecule has 3 fully saturated rings. The summed E-state index contributed by atoms with van der Waals surface area (Å²) >= 11 is 0. The van der Waals surface area contributed by atoms with E-state index in [0.29, 0.717) is 18.1 Å². The lowest BCUT2D eigenvalue weighted by molar-refractivity contribution is -0.144. The van der Waals surface area contributed by atoms with Crippen molar-refractivity contribution in [1.29, 1.82) is 0 Å². The molecule has 266 valence electrons. The number of benzene rings is 1. The molecule has 2 aliphatic carbocycles. The molecule has 2 aromatic rings. The minimum Gasteiger partial charge on any atom is -0.497 e. The van der Waals surface area contributed by atoms with Crippen LogP contribution in [-0.4, -0.2) is 88.9 Å². The summed E-state index contributed by atoms with van der Waals surface area (Å²) in [7, 11) is 1.59. The monoisotopic (exact) mass is 678 g/mol. The van der Waals surface area contributed by atoms with Gasteiger partial charge in [0.05, 0.1) is 19.7 Å². The third kappa shape index (κ3) is 9.39. The molecule has 4 N–H and O–H groups in total. The first-order valence-electron chi connectivity index (χ1n) is 17.2. The lowest BCUT2D eigenvalue weighted by Gasteiger charge is -2.36. The number of ether oxygens (including phenoxy) is 2. The second-order valence-electron chi connectivity index (χ2n) is 15.7. The van der Waals surface area contributed by atoms with Gasteiger partial charge in [-0.1, -0.05) is 33.6 Å². The van der Waals surface area contributed by atoms with Crippen molar-refractivity contribution >= 4 is 40.3 Å². The number of aromatic nitrogens is 1. The zero-order valence-electron chi connectivity index (χ0n) is 29.6. The molecule has 13 nitrogen and oxygen atoms in total. The van der Waals surface area contributed by atoms with Crippen molar-refractivity contribution < 1.29 is 33.4 Å². The molecule has 0 radical (unpaired) electrons. The smallest absolute Gasteiger partial charge is 0.315 e. The average molecular weight is 679 g/mol. The number of hydrogen-bond acceptors (Lipinski definition) is 8. The number of likely N-dealkylation sites (tertiary alicyclic amines) is 1. The summed E-state index contributed by atoms with van der Waals surface area (Å²) in [5.41, 5.74) is -1.27. The number of Topliss-reactive ketones (excluding diaryl/α,β-unsaturated/α-hetero) is 1. The molecule has 1 saturated heterocycles. The Labute approximate surface area is 287 Å². The maximum atomic E-state index is 14.4. The van der Waals surface area contributed by atoms with Gasteiger partial charge in [0.1, 0.15) is 23.9 Å². The molecule has 0 bridgehead atoms. The quantitative estimate of drug-likeness (QED) is 0.248. The molecule has 2 heterocycles. The molecule has 1 aromatic heterocycles. The number of nitrogens with zero attached hydrogens (tertiary/aromatic N) is 2. The Morgan fingerprint density at radius 3 is 2.31 bits per heavy atom. The molecule has 1 aromatic carbocycles. The number of ketones is 1. The number of fused-ring (bicyclic) bond motifs is 1. The van der Waals surface area contributed by atoms with Gasteiger partial charge >= 0.3 is 6.03 Å². The Balaban J connectivity index is 1.41. The van der Waals surface area contributed by atoms with Crippen LogP contribution < -0.4 is 30.7 Å². The third-order valence-electron chi connectivity index (χ3n) is 8.97. The SMILES string of the molecule is COc1ccc2c(O[C@@H]3C[C@@H](C(=O)N[C@@H](CC4CC4)C(=O)C(=O)NC4CC4)N(C(=O)[C@@H](NC(=O)NC(C)(C)C)C(C)(C)C)C3)nccc2c1. The van der Waals surface area contributed by atoms with Crippen LogP contribution in [0.2, 0.25) is 0 Å². The van der Waals surface area contributed by atoms with Crippen molar-refractivity contribution in [2.75, 3.05) is 13.7 Å². The summed E-state index contributed by atoms with van der Waals surface area (Å²) in [6.07, 6.45) is 4.94. The first-order chi connectivity index (χ1) is 23.0. The number of nitrogens with one attached hydrogen (secondary N) is 4. The Hall–Kier alpha value is -4.42. The van der Waals surface area contributed by atoms with Crippen LogP contribution in [0.4, 0.5) is 4.79 Å². The summed E-state index contributed by atoms with van der Waals surface area (Å²) in [6.45, 7) is 11.1. The number of pyridine rings is 1. The number of amides is 5. The van der Waals surface area contributed by atoms with Crippen LogP contribution >= 0.6 is 0 Å². The number of methoxy groups -OCH3 is 1. The predicted molar refractivity (Wildman–Crippen MR) is 183 cm³/mol. The van der Waals surface area contributed by atoms with Crippen molar-refractivity contribution in [2.24, 2.45) is 11.3 Å². The molecule has 13 heteroatoms. The van der Waals surface area contributed by atoms with Crippen molar-refractivity contribution in [1.82, 2.24) is 31.2 Å². The summed E-state index contributed by atoms with van der Waals surface area (Å²) in [5.74, 6) is -1.14. The number of carbonyl (C=O) groups is 5. The highest BCUT2D eigenvalue weighted by molar-refractivity contribution is 6.38. The van der Waals surface area contributed by atoms with Gasteiger partial charge in [0.2, 0.25) is 23.5 Å². The summed E-state index contributed by atoms with van der Waals surface area (Å²) in [4.78, 5) is 73.5. The van der Waals surface area contributed by atoms with E-state index in [1.165, 1.54) is 4.90 Å². The summed E-state index contributed by atoms with van der Waals surface area (Å²) in [6, 6.07) is 3.78. The van der Waals surface area contributed by atoms with Crippen LogP contribution in [0.3, 0.4) is 0 Å². The fourth-order valence-electron chi connectivity index (χ4n) is 6.03. The standard InChI is InChI=1S/C36H50N6O7/c1-35(2,3)29(40-34(47)41-36(4,5)6)33(46)42-19-24(49-32-25-13-12-23(48-7)17-21(25)14-15-37-32)18-27(42)30(44)39-26(16-20-8-9-20)28(43)31(45)38-22-10-11-22/h12-15,17,20,22,24,26-27,29H,8-11,16,18-19H2,1-7H3,(H,38,45)(H,39,44)(H2,40,41,47)/t24-,26+,27+,29-/m1/s1. The molecule has 4 atom stereocenters. The van der Waals surface area contributed by atoms with Crippen LogP contribution in [0.25, 0.3) is 10.8 Å². The van der Waals surface area contributed by atoms with Crippen molar-refractivity contribution in [3.05, 3.63) is 30.5 Å². The number of carbonyl (C=O) groups excluding carboxylic acids is 5. The number of hydrogen-bond donors (Lipinski definition) is 4. The van der Waals surface area contributed by atoms with E-state index < -0.39 is 64.7 Å². The third-order valence-corrected chi connectivity index (χ3v) is 8.97. The van der Waals surface area contributed by atoms with Crippen LogP contribution in [0.1, 0.15) is 80.1 Å². The van der Waals surface area contributed by atoms with Crippen LogP contribution in [-0.2, 0) is 19.2 Å². The van der Waals surface area contributed by atoms with Gasteiger partial charge in [-0.25, -0.2) is 9.78 Å². The Morgan fingerprint density at radius 2 is 1.69 bits per heavy atom. The van der Waals surface area contributed by atoms with E-state index in [1.54, 1.807) is 19.4 Å². The minimum absolute atomic E-state index is 0.00402. The number of rotatable bonds is 12. The highest BCUT2D eigenvalue weighted by atomic mass is 16.5. The van der Waals surface area contributed by atoms with E-state index in [0.717, 1.165) is 36.5 Å². The van der Waals surface area contributed by atoms with Gasteiger partial charge in [0.15, 0.2) is 0 Å². The van der Waals surface area contributed by atoms with E-state index in [-0.39, 0.29) is 24.9 Å². The van der Waals surface area contributed by atoms with Gasteiger partial charge in [-0.3, -0.25) is 19.2 Å². The van der Waals surface area contributed by atoms with Gasteiger partial charge in [-0.15, -0.1) is 0 Å². The molecule has 0 spiro atoms. The lowest BCUT2D eigenvalue weighted by Crippen LogP contribution is -2.61. The largest absolute Gasteiger partial charge is 0.497 e. The van der Waals surface area contributed by atoms with E-state index in [4.69, 9.17) is 9.47 Å². The highest BCUT2D eigenvalue weighted by Crippen LogP contribution is 2.35. The maximum Gasteiger partial charge on any atom is 0.315 e. The van der Waals surface area contributed by atoms with Crippen LogP contribution in [0.5, 0.6) is 11.6 Å². The van der Waals surface area contributed by atoms with Crippen molar-refractivity contribution in [2.45, 2.75) is 116 Å². The zero-order chi connectivity index (χ0) is 35.7. The lowest BCUT2D eigenvalue weighted by atomic mass is 9.85. The van der Waals surface area contributed by atoms with Crippen LogP contribution in [0, 0.1) is 11.3 Å². The molecule has 49 heavy (non-hydrogen) atoms. The van der Waals surface area contributed by atoms with E-state index >= 15 is 0 Å². The normalized spacial score (nSPS) is 20.6. The fraction of sp³-hybridized carbons (Fsp3) is 0.611. The second kappa shape index (κ2) is 14.2. The van der Waals surface area contributed by atoms with Gasteiger partial charge < -0.3 is 35.6 Å². The van der Waals surface area contributed by atoms with Gasteiger partial charge in [0, 0.05) is 29.6 Å². The molecular weight excluding hydrogens is 628 g/mol. The zero-order valence-corrected chi connectivity index (χ0v) is 29.6. The fourth-order valence-corrected chi connectivity index (χ4v) is 6.03. The van der Waals surface area contributed by atoms with E-state index in [9.17, 15) is 24.0 Å². The molecule has 5 rings (SSSR count). The highest BCUT2D eigenvalue weighted by Gasteiger charge is 2.47. The topological polar surface area (TPSA) is 168 Å². The Morgan fingerprint density at radius 1 is 0.980 bits per heavy atom. The first kappa shape index (κ1) is 35.9. The second-order valence-corrected chi connectivity index (χ2v) is 15.7. The van der Waals surface area contributed by atoms with Crippen LogP contribution in [0.15, 0.2) is 30.5 Å². The molecule has 2 saturated carbocycles. The predicted octanol–water partition coefficient (Wildman–Crippen LogP) is 3.24. The summed E-state index contributed by atoms with van der Waals surface area (Å²) < 4.78 is 11.8. The first-order valence-corrected chi connectivity index (χ1v) is 17.2. The maximum absolute atomic E-state index is 14.4. The number of urea groups is 1. The molecule has 5 amide bonds. The van der Waals surface area contributed by atoms with Crippen molar-refractivity contribution in [3.8, 4) is 11.6 Å². The Kier molecular flexibility index (Phi) is 10.4. The van der Waals surface area contributed by atoms with E-state index in [1.807, 2.05) is 59.7 Å².